The first-order chi connectivity index (χ1) is 7.41. The van der Waals surface area contributed by atoms with Gasteiger partial charge in [-0.15, -0.1) is 0 Å². The van der Waals surface area contributed by atoms with Crippen molar-refractivity contribution in [1.29, 1.82) is 0 Å². The number of nitrogens with two attached hydrogens (primary N) is 1. The lowest BCUT2D eigenvalue weighted by atomic mass is 9.60. The lowest BCUT2D eigenvalue weighted by Gasteiger charge is -2.47. The third-order valence-electron chi connectivity index (χ3n) is 3.23. The summed E-state index contributed by atoms with van der Waals surface area (Å²) >= 11 is 0. The van der Waals surface area contributed by atoms with E-state index in [0.717, 1.165) is 5.56 Å². The van der Waals surface area contributed by atoms with E-state index in [1.165, 1.54) is 0 Å². The van der Waals surface area contributed by atoms with Crippen molar-refractivity contribution in [3.63, 3.8) is 0 Å². The third kappa shape index (κ3) is 2.21. The Labute approximate surface area is 92.5 Å². The van der Waals surface area contributed by atoms with Crippen LogP contribution in [0.15, 0.2) is 30.3 Å². The Hall–Kier alpha value is -1.03. The number of halogens is 3. The first-order valence-electron chi connectivity index (χ1n) is 5.29. The molecule has 0 bridgehead atoms. The van der Waals surface area contributed by atoms with Crippen LogP contribution in [0.1, 0.15) is 24.8 Å². The van der Waals surface area contributed by atoms with Gasteiger partial charge in [0.15, 0.2) is 0 Å². The van der Waals surface area contributed by atoms with Crippen molar-refractivity contribution in [2.24, 2.45) is 5.73 Å². The first-order valence-corrected chi connectivity index (χ1v) is 5.29. The monoisotopic (exact) mass is 229 g/mol. The maximum absolute atomic E-state index is 12.5. The van der Waals surface area contributed by atoms with E-state index in [-0.39, 0.29) is 6.04 Å². The van der Waals surface area contributed by atoms with Crippen LogP contribution in [0.5, 0.6) is 0 Å². The Morgan fingerprint density at radius 3 is 2.19 bits per heavy atom. The van der Waals surface area contributed by atoms with Crippen molar-refractivity contribution < 1.29 is 13.2 Å². The molecule has 4 heteroatoms. The molecule has 1 aromatic carbocycles. The molecule has 1 saturated carbocycles. The second-order valence-electron chi connectivity index (χ2n) is 4.61. The van der Waals surface area contributed by atoms with E-state index in [1.807, 2.05) is 6.07 Å². The molecule has 1 fully saturated rings. The fourth-order valence-corrected chi connectivity index (χ4v) is 2.60. The molecule has 1 aromatic rings. The Morgan fingerprint density at radius 1 is 1.19 bits per heavy atom. The molecule has 0 aliphatic heterocycles. The van der Waals surface area contributed by atoms with E-state index in [0.29, 0.717) is 12.8 Å². The number of benzene rings is 1. The summed E-state index contributed by atoms with van der Waals surface area (Å²) in [6, 6.07) is 8.79. The summed E-state index contributed by atoms with van der Waals surface area (Å²) in [5.41, 5.74) is 5.62. The highest BCUT2D eigenvalue weighted by atomic mass is 19.4. The van der Waals surface area contributed by atoms with Crippen LogP contribution in [0, 0.1) is 0 Å². The van der Waals surface area contributed by atoms with Crippen molar-refractivity contribution in [1.82, 2.24) is 0 Å². The molecular formula is C12H14F3N. The Balaban J connectivity index is 2.24. The summed E-state index contributed by atoms with van der Waals surface area (Å²) in [5, 5.41) is 0. The lowest BCUT2D eigenvalue weighted by molar-refractivity contribution is -0.156. The molecule has 0 atom stereocenters. The summed E-state index contributed by atoms with van der Waals surface area (Å²) in [5.74, 6) is 0. The van der Waals surface area contributed by atoms with E-state index in [9.17, 15) is 13.2 Å². The molecule has 0 spiro atoms. The zero-order valence-electron chi connectivity index (χ0n) is 8.80. The molecule has 0 radical (unpaired) electrons. The van der Waals surface area contributed by atoms with Gasteiger partial charge in [0.25, 0.3) is 0 Å². The SMILES string of the molecule is NC1CC(CC(F)(F)F)(c2ccccc2)C1. The van der Waals surface area contributed by atoms with Crippen molar-refractivity contribution in [3.05, 3.63) is 35.9 Å². The summed E-state index contributed by atoms with van der Waals surface area (Å²) in [4.78, 5) is 0. The Morgan fingerprint density at radius 2 is 1.75 bits per heavy atom. The molecule has 2 N–H and O–H groups in total. The van der Waals surface area contributed by atoms with Gasteiger partial charge in [0, 0.05) is 11.5 Å². The van der Waals surface area contributed by atoms with Crippen LogP contribution >= 0.6 is 0 Å². The van der Waals surface area contributed by atoms with E-state index in [2.05, 4.69) is 0 Å². The molecule has 2 rings (SSSR count). The maximum Gasteiger partial charge on any atom is 0.389 e. The highest BCUT2D eigenvalue weighted by molar-refractivity contribution is 5.30. The topological polar surface area (TPSA) is 26.0 Å². The summed E-state index contributed by atoms with van der Waals surface area (Å²) in [6.45, 7) is 0. The average molecular weight is 229 g/mol. The van der Waals surface area contributed by atoms with Gasteiger partial charge in [-0.3, -0.25) is 0 Å². The van der Waals surface area contributed by atoms with Crippen LogP contribution in [-0.2, 0) is 5.41 Å². The summed E-state index contributed by atoms with van der Waals surface area (Å²) in [7, 11) is 0. The van der Waals surface area contributed by atoms with E-state index >= 15 is 0 Å². The third-order valence-corrected chi connectivity index (χ3v) is 3.23. The number of hydrogen-bond donors (Lipinski definition) is 1. The van der Waals surface area contributed by atoms with Crippen LogP contribution in [0.25, 0.3) is 0 Å². The number of alkyl halides is 3. The molecule has 16 heavy (non-hydrogen) atoms. The molecule has 88 valence electrons. The Bertz CT molecular complexity index is 352. The lowest BCUT2D eigenvalue weighted by Crippen LogP contribution is -2.51. The fourth-order valence-electron chi connectivity index (χ4n) is 2.60. The number of rotatable bonds is 2. The average Bonchev–Trinajstić information content (AvgIpc) is 2.14. The minimum Gasteiger partial charge on any atom is -0.328 e. The van der Waals surface area contributed by atoms with Gasteiger partial charge in [0.05, 0.1) is 6.42 Å². The highest BCUT2D eigenvalue weighted by Gasteiger charge is 2.50. The first kappa shape index (κ1) is 11.5. The zero-order chi connectivity index (χ0) is 11.8. The molecule has 1 aliphatic rings. The maximum atomic E-state index is 12.5. The van der Waals surface area contributed by atoms with Gasteiger partial charge in [-0.25, -0.2) is 0 Å². The van der Waals surface area contributed by atoms with Crippen molar-refractivity contribution in [2.75, 3.05) is 0 Å². The van der Waals surface area contributed by atoms with E-state index < -0.39 is 18.0 Å². The van der Waals surface area contributed by atoms with Crippen LogP contribution in [0.2, 0.25) is 0 Å². The van der Waals surface area contributed by atoms with Crippen LogP contribution in [-0.4, -0.2) is 12.2 Å². The van der Waals surface area contributed by atoms with Crippen LogP contribution < -0.4 is 5.73 Å². The van der Waals surface area contributed by atoms with Crippen LogP contribution in [0.3, 0.4) is 0 Å². The highest BCUT2D eigenvalue weighted by Crippen LogP contribution is 2.49. The van der Waals surface area contributed by atoms with Crippen molar-refractivity contribution in [3.8, 4) is 0 Å². The Kier molecular flexibility index (Phi) is 2.70. The molecule has 0 amide bonds. The van der Waals surface area contributed by atoms with Crippen LogP contribution in [0.4, 0.5) is 13.2 Å². The van der Waals surface area contributed by atoms with Gasteiger partial charge in [0.2, 0.25) is 0 Å². The predicted octanol–water partition coefficient (Wildman–Crippen LogP) is 3.00. The quantitative estimate of drug-likeness (QED) is 0.828. The van der Waals surface area contributed by atoms with E-state index in [1.54, 1.807) is 24.3 Å². The molecule has 0 saturated heterocycles. The molecule has 0 aromatic heterocycles. The minimum absolute atomic E-state index is 0.0949. The molecular weight excluding hydrogens is 215 g/mol. The molecule has 1 aliphatic carbocycles. The van der Waals surface area contributed by atoms with Gasteiger partial charge in [-0.2, -0.15) is 13.2 Å². The molecule has 1 nitrogen and oxygen atoms in total. The predicted molar refractivity (Wildman–Crippen MR) is 56.0 cm³/mol. The summed E-state index contributed by atoms with van der Waals surface area (Å²) in [6.07, 6.45) is -4.04. The van der Waals surface area contributed by atoms with Gasteiger partial charge < -0.3 is 5.73 Å². The minimum atomic E-state index is -4.13. The van der Waals surface area contributed by atoms with Gasteiger partial charge in [-0.05, 0) is 18.4 Å². The zero-order valence-corrected chi connectivity index (χ0v) is 8.80. The second-order valence-corrected chi connectivity index (χ2v) is 4.61. The molecule has 0 heterocycles. The standard InChI is InChI=1S/C12H14F3N/c13-12(14,15)8-11(6-10(16)7-11)9-4-2-1-3-5-9/h1-5,10H,6-8,16H2. The number of hydrogen-bond acceptors (Lipinski definition) is 1. The van der Waals surface area contributed by atoms with E-state index in [4.69, 9.17) is 5.73 Å². The molecule has 0 unspecified atom stereocenters. The summed E-state index contributed by atoms with van der Waals surface area (Å²) < 4.78 is 37.6. The second kappa shape index (κ2) is 3.77. The van der Waals surface area contributed by atoms with Gasteiger partial charge in [0.1, 0.15) is 0 Å². The van der Waals surface area contributed by atoms with Crippen molar-refractivity contribution in [2.45, 2.75) is 36.9 Å². The fraction of sp³-hybridized carbons (Fsp3) is 0.500. The normalized spacial score (nSPS) is 29.9. The largest absolute Gasteiger partial charge is 0.389 e. The smallest absolute Gasteiger partial charge is 0.328 e. The van der Waals surface area contributed by atoms with Gasteiger partial charge >= 0.3 is 6.18 Å². The van der Waals surface area contributed by atoms with Gasteiger partial charge in [-0.1, -0.05) is 30.3 Å². The van der Waals surface area contributed by atoms with Crippen molar-refractivity contribution >= 4 is 0 Å².